The Morgan fingerprint density at radius 2 is 1.65 bits per heavy atom. The average Bonchev–Trinajstić information content (AvgIpc) is 3.27. The molecule has 0 aliphatic carbocycles. The lowest BCUT2D eigenvalue weighted by Crippen LogP contribution is -2.50. The molecule has 0 saturated carbocycles. The second-order valence-corrected chi connectivity index (χ2v) is 14.0. The van der Waals surface area contributed by atoms with Crippen molar-refractivity contribution in [1.82, 2.24) is 14.5 Å². The van der Waals surface area contributed by atoms with Gasteiger partial charge >= 0.3 is 6.36 Å². The lowest BCUT2D eigenvalue weighted by molar-refractivity contribution is -0.275. The Morgan fingerprint density at radius 1 is 1.04 bits per heavy atom. The molecule has 0 unspecified atom stereocenters. The molecular formula is C31H34F4N4O6S. The summed E-state index contributed by atoms with van der Waals surface area (Å²) >= 11 is 0. The molecule has 10 nitrogen and oxygen atoms in total. The lowest BCUT2D eigenvalue weighted by Gasteiger charge is -2.36. The predicted octanol–water partition coefficient (Wildman–Crippen LogP) is 4.04. The van der Waals surface area contributed by atoms with E-state index < -0.39 is 45.0 Å². The molecule has 3 heterocycles. The zero-order valence-corrected chi connectivity index (χ0v) is 26.3. The van der Waals surface area contributed by atoms with Crippen LogP contribution in [0.5, 0.6) is 5.75 Å². The molecule has 15 heteroatoms. The number of nitrogens with one attached hydrogen (secondary N) is 1. The number of carbonyl (C=O) groups is 2. The molecule has 2 N–H and O–H groups in total. The van der Waals surface area contributed by atoms with Gasteiger partial charge in [0.05, 0.1) is 5.60 Å². The third kappa shape index (κ3) is 7.10. The number of benzene rings is 2. The molecule has 1 spiro atoms. The van der Waals surface area contributed by atoms with Crippen molar-refractivity contribution in [1.29, 1.82) is 0 Å². The SMILES string of the molecule is Cc1cc(C(=O)N2CCC(C)(O)CC2)cc(C)c1/C=C/S(=O)(=O)N1CCC2(CC1)N=C(c1ccc(OC(F)(F)F)c(F)c1)NC2=O. The van der Waals surface area contributed by atoms with Crippen molar-refractivity contribution in [2.75, 3.05) is 26.2 Å². The summed E-state index contributed by atoms with van der Waals surface area (Å²) in [5.41, 5.74) is 0.525. The number of alkyl halides is 3. The molecule has 2 amide bonds. The number of hydrogen-bond donors (Lipinski definition) is 2. The highest BCUT2D eigenvalue weighted by molar-refractivity contribution is 7.92. The number of piperidine rings is 2. The Labute approximate surface area is 263 Å². The van der Waals surface area contributed by atoms with Crippen molar-refractivity contribution < 1.29 is 45.4 Å². The second kappa shape index (κ2) is 12.1. The van der Waals surface area contributed by atoms with E-state index in [1.807, 2.05) is 0 Å². The fourth-order valence-electron chi connectivity index (χ4n) is 5.93. The van der Waals surface area contributed by atoms with Crippen LogP contribution in [0.1, 0.15) is 65.2 Å². The topological polar surface area (TPSA) is 129 Å². The van der Waals surface area contributed by atoms with Gasteiger partial charge in [0.25, 0.3) is 11.8 Å². The van der Waals surface area contributed by atoms with Crippen LogP contribution in [0.25, 0.3) is 6.08 Å². The monoisotopic (exact) mass is 666 g/mol. The van der Waals surface area contributed by atoms with Crippen molar-refractivity contribution in [2.45, 2.75) is 64.0 Å². The van der Waals surface area contributed by atoms with E-state index in [1.165, 1.54) is 10.4 Å². The number of hydrogen-bond acceptors (Lipinski definition) is 7. The van der Waals surface area contributed by atoms with Gasteiger partial charge in [0.2, 0.25) is 10.0 Å². The van der Waals surface area contributed by atoms with Gasteiger partial charge in [-0.1, -0.05) is 0 Å². The predicted molar refractivity (Wildman–Crippen MR) is 161 cm³/mol. The summed E-state index contributed by atoms with van der Waals surface area (Å²) in [7, 11) is -3.91. The minimum atomic E-state index is -5.07. The summed E-state index contributed by atoms with van der Waals surface area (Å²) in [5, 5.41) is 13.8. The number of nitrogens with zero attached hydrogens (tertiary/aromatic N) is 3. The molecule has 2 fully saturated rings. The van der Waals surface area contributed by atoms with Crippen molar-refractivity contribution in [3.8, 4) is 5.75 Å². The summed E-state index contributed by atoms with van der Waals surface area (Å²) in [6, 6.07) is 6.13. The molecule has 2 saturated heterocycles. The Bertz CT molecular complexity index is 1700. The van der Waals surface area contributed by atoms with E-state index in [0.717, 1.165) is 34.7 Å². The minimum Gasteiger partial charge on any atom is -0.403 e. The zero-order chi connectivity index (χ0) is 33.7. The third-order valence-corrected chi connectivity index (χ3v) is 10.3. The Hall–Kier alpha value is -3.82. The number of aryl methyl sites for hydroxylation is 2. The molecule has 3 aliphatic heterocycles. The van der Waals surface area contributed by atoms with Gasteiger partial charge in [-0.05, 0) is 99.6 Å². The molecule has 0 radical (unpaired) electrons. The summed E-state index contributed by atoms with van der Waals surface area (Å²) in [4.78, 5) is 32.1. The van der Waals surface area contributed by atoms with E-state index in [0.29, 0.717) is 37.1 Å². The van der Waals surface area contributed by atoms with Gasteiger partial charge in [0.15, 0.2) is 11.6 Å². The van der Waals surface area contributed by atoms with Gasteiger partial charge in [-0.2, -0.15) is 4.31 Å². The van der Waals surface area contributed by atoms with Gasteiger partial charge in [-0.15, -0.1) is 13.2 Å². The molecule has 2 aromatic rings. The summed E-state index contributed by atoms with van der Waals surface area (Å²) < 4.78 is 83.0. The van der Waals surface area contributed by atoms with Crippen LogP contribution in [0.4, 0.5) is 17.6 Å². The fourth-order valence-corrected chi connectivity index (χ4v) is 7.11. The fraction of sp³-hybridized carbons (Fsp3) is 0.452. The van der Waals surface area contributed by atoms with E-state index in [4.69, 9.17) is 0 Å². The molecule has 0 atom stereocenters. The molecule has 0 bridgehead atoms. The molecule has 5 rings (SSSR count). The highest BCUT2D eigenvalue weighted by Crippen LogP contribution is 2.34. The first kappa shape index (κ1) is 33.5. The Morgan fingerprint density at radius 3 is 2.22 bits per heavy atom. The summed E-state index contributed by atoms with van der Waals surface area (Å²) in [5.74, 6) is -3.00. The highest BCUT2D eigenvalue weighted by atomic mass is 32.2. The van der Waals surface area contributed by atoms with Crippen LogP contribution in [0.15, 0.2) is 40.7 Å². The second-order valence-electron chi connectivity index (χ2n) is 12.2. The number of sulfonamides is 1. The van der Waals surface area contributed by atoms with Crippen molar-refractivity contribution >= 4 is 33.7 Å². The first-order chi connectivity index (χ1) is 21.4. The number of ether oxygens (including phenoxy) is 1. The number of rotatable bonds is 6. The van der Waals surface area contributed by atoms with E-state index in [1.54, 1.807) is 37.8 Å². The zero-order valence-electron chi connectivity index (χ0n) is 25.4. The smallest absolute Gasteiger partial charge is 0.403 e. The maximum atomic E-state index is 14.3. The van der Waals surface area contributed by atoms with Gasteiger partial charge in [-0.25, -0.2) is 12.8 Å². The summed E-state index contributed by atoms with van der Waals surface area (Å²) in [6.07, 6.45) is -2.54. The number of carbonyl (C=O) groups excluding carboxylic acids is 2. The van der Waals surface area contributed by atoms with E-state index in [2.05, 4.69) is 15.0 Å². The number of aliphatic hydroxyl groups is 1. The summed E-state index contributed by atoms with van der Waals surface area (Å²) in [6.45, 7) is 6.17. The number of likely N-dealkylation sites (tertiary alicyclic amines) is 1. The largest absolute Gasteiger partial charge is 0.573 e. The van der Waals surface area contributed by atoms with Crippen LogP contribution in [0.3, 0.4) is 0 Å². The van der Waals surface area contributed by atoms with Gasteiger partial charge in [-0.3, -0.25) is 14.6 Å². The van der Waals surface area contributed by atoms with Crippen LogP contribution < -0.4 is 10.1 Å². The number of aliphatic imine (C=N–C) groups is 1. The molecule has 46 heavy (non-hydrogen) atoms. The van der Waals surface area contributed by atoms with Gasteiger partial charge in [0.1, 0.15) is 11.4 Å². The first-order valence-electron chi connectivity index (χ1n) is 14.7. The first-order valence-corrected chi connectivity index (χ1v) is 16.2. The number of amides is 2. The Kier molecular flexibility index (Phi) is 8.81. The minimum absolute atomic E-state index is 0.0290. The van der Waals surface area contributed by atoms with Crippen LogP contribution >= 0.6 is 0 Å². The highest BCUT2D eigenvalue weighted by Gasteiger charge is 2.47. The van der Waals surface area contributed by atoms with Crippen LogP contribution in [0, 0.1) is 19.7 Å². The maximum absolute atomic E-state index is 14.3. The normalized spacial score (nSPS) is 20.2. The van der Waals surface area contributed by atoms with Crippen LogP contribution in [-0.4, -0.2) is 84.1 Å². The van der Waals surface area contributed by atoms with Crippen molar-refractivity contribution in [2.24, 2.45) is 4.99 Å². The van der Waals surface area contributed by atoms with E-state index in [9.17, 15) is 40.7 Å². The van der Waals surface area contributed by atoms with Crippen molar-refractivity contribution in [3.05, 3.63) is 69.4 Å². The molecule has 248 valence electrons. The van der Waals surface area contributed by atoms with E-state index >= 15 is 0 Å². The van der Waals surface area contributed by atoms with Crippen LogP contribution in [0.2, 0.25) is 0 Å². The quantitative estimate of drug-likeness (QED) is 0.448. The molecule has 3 aliphatic rings. The van der Waals surface area contributed by atoms with Crippen molar-refractivity contribution in [3.63, 3.8) is 0 Å². The number of halogens is 4. The number of amidine groups is 1. The lowest BCUT2D eigenvalue weighted by atomic mass is 9.89. The molecular weight excluding hydrogens is 632 g/mol. The van der Waals surface area contributed by atoms with E-state index in [-0.39, 0.29) is 43.2 Å². The molecule has 2 aromatic carbocycles. The third-order valence-electron chi connectivity index (χ3n) is 8.70. The van der Waals surface area contributed by atoms with Gasteiger partial charge < -0.3 is 20.1 Å². The average molecular weight is 667 g/mol. The molecule has 0 aromatic heterocycles. The van der Waals surface area contributed by atoms with Gasteiger partial charge in [0, 0.05) is 42.7 Å². The maximum Gasteiger partial charge on any atom is 0.573 e. The Balaban J connectivity index is 1.25. The van der Waals surface area contributed by atoms with Crippen LogP contribution in [-0.2, 0) is 14.8 Å². The standard InChI is InChI=1S/C31H34F4N4O6S/c1-19-16-22(27(40)38-11-7-29(3,42)8-12-38)17-20(2)23(19)6-15-46(43,44)39-13-9-30(10-14-39)28(41)36-26(37-30)21-4-5-25(24(32)18-21)45-31(33,34)35/h4-6,15-18,42H,7-14H2,1-3H3,(H,36,37,41)/b15-6+.